The number of amides is 3. The minimum absolute atomic E-state index is 0.165. The lowest BCUT2D eigenvalue weighted by Gasteiger charge is -2.30. The molecule has 6 nitrogen and oxygen atoms in total. The molecule has 27 heavy (non-hydrogen) atoms. The van der Waals surface area contributed by atoms with Gasteiger partial charge in [0.1, 0.15) is 5.54 Å². The molecule has 1 spiro atoms. The normalized spacial score (nSPS) is 31.8. The van der Waals surface area contributed by atoms with Gasteiger partial charge in [0.05, 0.1) is 11.8 Å². The Morgan fingerprint density at radius 1 is 1.26 bits per heavy atom. The Hall–Kier alpha value is -2.12. The van der Waals surface area contributed by atoms with Gasteiger partial charge in [-0.05, 0) is 24.5 Å². The van der Waals surface area contributed by atoms with E-state index in [4.69, 9.17) is 0 Å². The molecule has 0 saturated carbocycles. The van der Waals surface area contributed by atoms with Crippen molar-refractivity contribution < 1.29 is 14.4 Å². The summed E-state index contributed by atoms with van der Waals surface area (Å²) < 4.78 is 0. The van der Waals surface area contributed by atoms with Gasteiger partial charge >= 0.3 is 0 Å². The molecule has 4 rings (SSSR count). The Kier molecular flexibility index (Phi) is 4.39. The molecule has 3 aliphatic heterocycles. The number of rotatable bonds is 5. The van der Waals surface area contributed by atoms with Crippen LogP contribution in [0.3, 0.4) is 0 Å². The first-order valence-corrected chi connectivity index (χ1v) is 10.5. The summed E-state index contributed by atoms with van der Waals surface area (Å²) in [5.74, 6) is -0.975. The average molecular weight is 385 g/mol. The molecular weight excluding hydrogens is 362 g/mol. The minimum atomic E-state index is -1.18. The number of nitrogens with one attached hydrogen (secondary N) is 1. The van der Waals surface area contributed by atoms with Crippen molar-refractivity contribution in [2.24, 2.45) is 11.8 Å². The summed E-state index contributed by atoms with van der Waals surface area (Å²) in [7, 11) is 1.52. The van der Waals surface area contributed by atoms with Crippen molar-refractivity contribution in [1.82, 2.24) is 10.2 Å². The molecule has 142 valence electrons. The molecule has 0 unspecified atom stereocenters. The zero-order valence-corrected chi connectivity index (χ0v) is 16.3. The SMILES string of the molecule is C=CCN1C(=O)[C@@]2(N[C@H](CCSC)[C@@H]3C(=O)N(C)C(=O)[C@H]32)c2ccccc21. The Morgan fingerprint density at radius 2 is 2.00 bits per heavy atom. The summed E-state index contributed by atoms with van der Waals surface area (Å²) in [6.07, 6.45) is 4.42. The zero-order chi connectivity index (χ0) is 19.3. The van der Waals surface area contributed by atoms with Crippen LogP contribution in [-0.4, -0.2) is 54.3 Å². The maximum Gasteiger partial charge on any atom is 0.253 e. The third-order valence-corrected chi connectivity index (χ3v) is 6.68. The number of thioether (sulfide) groups is 1. The standard InChI is InChI=1S/C20H23N3O3S/c1-4-10-23-14-8-6-5-7-12(14)20(19(23)26)16-15(13(21-20)9-11-27-3)17(24)22(2)18(16)25/h4-8,13,15-16,21H,1,9-11H2,2-3H3/t13-,15+,16+,20-/m1/s1. The van der Waals surface area contributed by atoms with Gasteiger partial charge in [-0.25, -0.2) is 0 Å². The Bertz CT molecular complexity index is 842. The van der Waals surface area contributed by atoms with E-state index in [1.165, 1.54) is 11.9 Å². The summed E-state index contributed by atoms with van der Waals surface area (Å²) in [6.45, 7) is 4.13. The molecule has 3 aliphatic rings. The van der Waals surface area contributed by atoms with Gasteiger partial charge in [0, 0.05) is 30.9 Å². The molecule has 7 heteroatoms. The molecule has 1 aromatic carbocycles. The van der Waals surface area contributed by atoms with E-state index >= 15 is 0 Å². The van der Waals surface area contributed by atoms with Crippen molar-refractivity contribution in [3.05, 3.63) is 42.5 Å². The molecule has 2 fully saturated rings. The highest BCUT2D eigenvalue weighted by Crippen LogP contribution is 2.54. The van der Waals surface area contributed by atoms with E-state index in [0.29, 0.717) is 6.54 Å². The maximum absolute atomic E-state index is 13.6. The quantitative estimate of drug-likeness (QED) is 0.612. The molecule has 0 bridgehead atoms. The monoisotopic (exact) mass is 385 g/mol. The Labute approximate surface area is 163 Å². The number of imide groups is 1. The number of benzene rings is 1. The number of carbonyl (C=O) groups is 3. The summed E-state index contributed by atoms with van der Waals surface area (Å²) >= 11 is 1.69. The second-order valence-electron chi connectivity index (χ2n) is 7.30. The average Bonchev–Trinajstić information content (AvgIpc) is 3.22. The van der Waals surface area contributed by atoms with Gasteiger partial charge < -0.3 is 4.90 Å². The van der Waals surface area contributed by atoms with E-state index in [1.807, 2.05) is 30.5 Å². The number of fused-ring (bicyclic) bond motifs is 4. The van der Waals surface area contributed by atoms with Crippen LogP contribution in [0, 0.1) is 11.8 Å². The zero-order valence-electron chi connectivity index (χ0n) is 15.5. The highest BCUT2D eigenvalue weighted by atomic mass is 32.2. The molecule has 0 aromatic heterocycles. The van der Waals surface area contributed by atoms with Crippen molar-refractivity contribution in [3.8, 4) is 0 Å². The summed E-state index contributed by atoms with van der Waals surface area (Å²) in [4.78, 5) is 42.4. The van der Waals surface area contributed by atoms with Gasteiger partial charge in [-0.3, -0.25) is 24.6 Å². The first-order valence-electron chi connectivity index (χ1n) is 9.09. The molecule has 3 amide bonds. The number of likely N-dealkylation sites (tertiary alicyclic amines) is 1. The lowest BCUT2D eigenvalue weighted by atomic mass is 9.76. The predicted octanol–water partition coefficient (Wildman–Crippen LogP) is 1.37. The van der Waals surface area contributed by atoms with Crippen molar-refractivity contribution in [3.63, 3.8) is 0 Å². The molecule has 1 N–H and O–H groups in total. The largest absolute Gasteiger partial charge is 0.306 e. The van der Waals surface area contributed by atoms with Crippen LogP contribution in [0.2, 0.25) is 0 Å². The third kappa shape index (κ3) is 2.28. The van der Waals surface area contributed by atoms with Gasteiger partial charge in [-0.2, -0.15) is 11.8 Å². The van der Waals surface area contributed by atoms with Crippen LogP contribution in [0.15, 0.2) is 36.9 Å². The van der Waals surface area contributed by atoms with Crippen molar-refractivity contribution in [2.45, 2.75) is 18.0 Å². The van der Waals surface area contributed by atoms with Crippen LogP contribution < -0.4 is 10.2 Å². The Morgan fingerprint density at radius 3 is 2.70 bits per heavy atom. The molecule has 0 radical (unpaired) electrons. The number of para-hydroxylation sites is 1. The van der Waals surface area contributed by atoms with E-state index in [1.54, 1.807) is 22.7 Å². The predicted molar refractivity (Wildman–Crippen MR) is 105 cm³/mol. The van der Waals surface area contributed by atoms with E-state index in [0.717, 1.165) is 23.4 Å². The van der Waals surface area contributed by atoms with E-state index in [2.05, 4.69) is 11.9 Å². The van der Waals surface area contributed by atoms with Crippen LogP contribution in [0.25, 0.3) is 0 Å². The third-order valence-electron chi connectivity index (χ3n) is 6.03. The van der Waals surface area contributed by atoms with Gasteiger partial charge in [0.25, 0.3) is 5.91 Å². The molecule has 3 heterocycles. The van der Waals surface area contributed by atoms with E-state index < -0.39 is 17.4 Å². The molecule has 1 aromatic rings. The number of hydrogen-bond donors (Lipinski definition) is 1. The molecule has 2 saturated heterocycles. The fourth-order valence-corrected chi connectivity index (χ4v) is 5.38. The molecular formula is C20H23N3O3S. The fourth-order valence-electron chi connectivity index (χ4n) is 4.89. The number of nitrogens with zero attached hydrogens (tertiary/aromatic N) is 2. The first-order chi connectivity index (χ1) is 13.0. The minimum Gasteiger partial charge on any atom is -0.306 e. The van der Waals surface area contributed by atoms with Crippen molar-refractivity contribution in [1.29, 1.82) is 0 Å². The number of anilines is 1. The van der Waals surface area contributed by atoms with Gasteiger partial charge in [0.15, 0.2) is 0 Å². The number of hydrogen-bond acceptors (Lipinski definition) is 5. The van der Waals surface area contributed by atoms with Crippen LogP contribution in [-0.2, 0) is 19.9 Å². The summed E-state index contributed by atoms with van der Waals surface area (Å²) in [5, 5.41) is 3.47. The summed E-state index contributed by atoms with van der Waals surface area (Å²) in [6, 6.07) is 7.34. The van der Waals surface area contributed by atoms with Crippen LogP contribution in [0.4, 0.5) is 5.69 Å². The Balaban J connectivity index is 1.88. The van der Waals surface area contributed by atoms with E-state index in [9.17, 15) is 14.4 Å². The smallest absolute Gasteiger partial charge is 0.253 e. The fraction of sp³-hybridized carbons (Fsp3) is 0.450. The second-order valence-corrected chi connectivity index (χ2v) is 8.29. The lowest BCUT2D eigenvalue weighted by molar-refractivity contribution is -0.141. The topological polar surface area (TPSA) is 69.7 Å². The highest BCUT2D eigenvalue weighted by molar-refractivity contribution is 7.98. The van der Waals surface area contributed by atoms with Crippen LogP contribution in [0.5, 0.6) is 0 Å². The first kappa shape index (κ1) is 18.3. The van der Waals surface area contributed by atoms with Gasteiger partial charge in [-0.1, -0.05) is 24.3 Å². The molecule has 4 atom stereocenters. The van der Waals surface area contributed by atoms with Crippen LogP contribution >= 0.6 is 11.8 Å². The number of carbonyl (C=O) groups excluding carboxylic acids is 3. The van der Waals surface area contributed by atoms with Crippen molar-refractivity contribution in [2.75, 3.05) is 30.5 Å². The van der Waals surface area contributed by atoms with Crippen molar-refractivity contribution >= 4 is 35.2 Å². The van der Waals surface area contributed by atoms with Crippen LogP contribution in [0.1, 0.15) is 12.0 Å². The van der Waals surface area contributed by atoms with E-state index in [-0.39, 0.29) is 23.8 Å². The highest BCUT2D eigenvalue weighted by Gasteiger charge is 2.70. The maximum atomic E-state index is 13.6. The second kappa shape index (κ2) is 6.49. The summed E-state index contributed by atoms with van der Waals surface area (Å²) in [5.41, 5.74) is 0.397. The molecule has 0 aliphatic carbocycles. The van der Waals surface area contributed by atoms with Gasteiger partial charge in [0.2, 0.25) is 11.8 Å². The lowest BCUT2D eigenvalue weighted by Crippen LogP contribution is -2.55. The van der Waals surface area contributed by atoms with Gasteiger partial charge in [-0.15, -0.1) is 6.58 Å².